The standard InChI is InChI=1S/C16H10BrClN2O3S/c1-20-15(22)10(14(21)19-16(20)24)7-9-3-5-13(23-9)8-2-4-11(17)12(18)6-8/h2-7H,1H3,(H,19,21,24). The van der Waals surface area contributed by atoms with Crippen molar-refractivity contribution < 1.29 is 14.0 Å². The molecule has 8 heteroatoms. The van der Waals surface area contributed by atoms with Crippen molar-refractivity contribution in [1.29, 1.82) is 0 Å². The molecular formula is C16H10BrClN2O3S. The second kappa shape index (κ2) is 6.51. The van der Waals surface area contributed by atoms with E-state index in [0.717, 1.165) is 10.0 Å². The van der Waals surface area contributed by atoms with Crippen LogP contribution in [0.2, 0.25) is 5.02 Å². The molecule has 1 saturated heterocycles. The van der Waals surface area contributed by atoms with Crippen molar-refractivity contribution in [3.05, 3.63) is 51.2 Å². The van der Waals surface area contributed by atoms with Gasteiger partial charge in [-0.2, -0.15) is 0 Å². The highest BCUT2D eigenvalue weighted by molar-refractivity contribution is 9.10. The second-order valence-corrected chi connectivity index (χ2v) is 6.66. The third-order valence-corrected chi connectivity index (χ3v) is 5.03. The Bertz CT molecular complexity index is 906. The van der Waals surface area contributed by atoms with E-state index in [9.17, 15) is 9.59 Å². The van der Waals surface area contributed by atoms with Crippen LogP contribution in [0.5, 0.6) is 0 Å². The first-order valence-electron chi connectivity index (χ1n) is 6.77. The van der Waals surface area contributed by atoms with Gasteiger partial charge in [0.1, 0.15) is 17.1 Å². The van der Waals surface area contributed by atoms with Gasteiger partial charge in [-0.15, -0.1) is 0 Å². The number of likely N-dealkylation sites (N-methyl/N-ethyl adjacent to an activating group) is 1. The molecular weight excluding hydrogens is 416 g/mol. The monoisotopic (exact) mass is 424 g/mol. The van der Waals surface area contributed by atoms with Crippen LogP contribution in [-0.4, -0.2) is 28.9 Å². The summed E-state index contributed by atoms with van der Waals surface area (Å²) in [5.41, 5.74) is 0.742. The number of rotatable bonds is 2. The van der Waals surface area contributed by atoms with Crippen LogP contribution in [-0.2, 0) is 9.59 Å². The molecule has 0 radical (unpaired) electrons. The smallest absolute Gasteiger partial charge is 0.265 e. The molecule has 2 amide bonds. The number of carbonyl (C=O) groups is 2. The number of furan rings is 1. The van der Waals surface area contributed by atoms with E-state index < -0.39 is 11.8 Å². The van der Waals surface area contributed by atoms with Crippen molar-refractivity contribution >= 4 is 62.8 Å². The number of nitrogens with zero attached hydrogens (tertiary/aromatic N) is 1. The van der Waals surface area contributed by atoms with Crippen LogP contribution in [0.15, 0.2) is 44.8 Å². The number of halogens is 2. The SMILES string of the molecule is CN1C(=O)C(=Cc2ccc(-c3ccc(Br)c(Cl)c3)o2)C(=O)NC1=S. The summed E-state index contributed by atoms with van der Waals surface area (Å²) in [5, 5.41) is 3.08. The summed E-state index contributed by atoms with van der Waals surface area (Å²) in [5.74, 6) is -0.0753. The molecule has 122 valence electrons. The van der Waals surface area contributed by atoms with E-state index in [1.54, 1.807) is 18.2 Å². The van der Waals surface area contributed by atoms with Crippen molar-refractivity contribution in [3.63, 3.8) is 0 Å². The minimum absolute atomic E-state index is 0.0409. The van der Waals surface area contributed by atoms with Gasteiger partial charge in [0.05, 0.1) is 5.02 Å². The van der Waals surface area contributed by atoms with E-state index in [-0.39, 0.29) is 10.7 Å². The van der Waals surface area contributed by atoms with Gasteiger partial charge in [-0.1, -0.05) is 17.7 Å². The van der Waals surface area contributed by atoms with E-state index in [1.165, 1.54) is 18.0 Å². The van der Waals surface area contributed by atoms with E-state index in [1.807, 2.05) is 12.1 Å². The van der Waals surface area contributed by atoms with Crippen LogP contribution >= 0.6 is 39.7 Å². The normalized spacial score (nSPS) is 16.7. The Morgan fingerprint density at radius 1 is 1.29 bits per heavy atom. The molecule has 0 saturated carbocycles. The lowest BCUT2D eigenvalue weighted by atomic mass is 10.1. The molecule has 1 aliphatic heterocycles. The summed E-state index contributed by atoms with van der Waals surface area (Å²) in [6.45, 7) is 0. The fourth-order valence-electron chi connectivity index (χ4n) is 2.12. The zero-order chi connectivity index (χ0) is 17.4. The first-order valence-corrected chi connectivity index (χ1v) is 8.35. The average molecular weight is 426 g/mol. The number of amides is 2. The van der Waals surface area contributed by atoms with Gasteiger partial charge in [0.15, 0.2) is 5.11 Å². The first-order chi connectivity index (χ1) is 11.4. The Hall–Kier alpha value is -1.96. The maximum atomic E-state index is 12.2. The molecule has 1 fully saturated rings. The summed E-state index contributed by atoms with van der Waals surface area (Å²) >= 11 is 14.3. The molecule has 0 bridgehead atoms. The van der Waals surface area contributed by atoms with Crippen molar-refractivity contribution in [1.82, 2.24) is 10.2 Å². The Kier molecular flexibility index (Phi) is 4.58. The first kappa shape index (κ1) is 16.9. The van der Waals surface area contributed by atoms with Gasteiger partial charge in [-0.3, -0.25) is 19.8 Å². The quantitative estimate of drug-likeness (QED) is 0.453. The van der Waals surface area contributed by atoms with E-state index in [2.05, 4.69) is 21.2 Å². The van der Waals surface area contributed by atoms with Gasteiger partial charge in [0, 0.05) is 17.1 Å². The number of benzene rings is 1. The summed E-state index contributed by atoms with van der Waals surface area (Å²) in [7, 11) is 1.50. The maximum absolute atomic E-state index is 12.2. The molecule has 2 heterocycles. The third-order valence-electron chi connectivity index (χ3n) is 3.42. The van der Waals surface area contributed by atoms with Gasteiger partial charge in [0.25, 0.3) is 11.8 Å². The lowest BCUT2D eigenvalue weighted by Gasteiger charge is -2.24. The largest absolute Gasteiger partial charge is 0.457 e. The number of hydrogen-bond acceptors (Lipinski definition) is 4. The van der Waals surface area contributed by atoms with Crippen molar-refractivity contribution in [2.75, 3.05) is 7.05 Å². The summed E-state index contributed by atoms with van der Waals surface area (Å²) in [4.78, 5) is 25.3. The van der Waals surface area contributed by atoms with Crippen LogP contribution in [0, 0.1) is 0 Å². The van der Waals surface area contributed by atoms with Crippen molar-refractivity contribution in [3.8, 4) is 11.3 Å². The zero-order valence-electron chi connectivity index (χ0n) is 12.3. The van der Waals surface area contributed by atoms with Gasteiger partial charge in [-0.25, -0.2) is 0 Å². The van der Waals surface area contributed by atoms with Gasteiger partial charge in [-0.05, 0) is 58.5 Å². The Balaban J connectivity index is 1.93. The average Bonchev–Trinajstić information content (AvgIpc) is 3.01. The molecule has 1 aliphatic rings. The third kappa shape index (κ3) is 3.15. The molecule has 0 atom stereocenters. The minimum atomic E-state index is -0.548. The summed E-state index contributed by atoms with van der Waals surface area (Å²) in [6, 6.07) is 8.83. The Labute approximate surface area is 156 Å². The van der Waals surface area contributed by atoms with Gasteiger partial charge in [0.2, 0.25) is 0 Å². The summed E-state index contributed by atoms with van der Waals surface area (Å²) in [6.07, 6.45) is 1.39. The van der Waals surface area contributed by atoms with Crippen molar-refractivity contribution in [2.45, 2.75) is 0 Å². The Morgan fingerprint density at radius 2 is 2.04 bits per heavy atom. The highest BCUT2D eigenvalue weighted by Gasteiger charge is 2.31. The van der Waals surface area contributed by atoms with Crippen LogP contribution in [0.3, 0.4) is 0 Å². The van der Waals surface area contributed by atoms with E-state index in [4.69, 9.17) is 28.2 Å². The van der Waals surface area contributed by atoms with E-state index in [0.29, 0.717) is 16.5 Å². The number of hydrogen-bond donors (Lipinski definition) is 1. The molecule has 0 spiro atoms. The fraction of sp³-hybridized carbons (Fsp3) is 0.0625. The Morgan fingerprint density at radius 3 is 2.75 bits per heavy atom. The number of thiocarbonyl (C=S) groups is 1. The molecule has 0 aliphatic carbocycles. The highest BCUT2D eigenvalue weighted by Crippen LogP contribution is 2.30. The lowest BCUT2D eigenvalue weighted by Crippen LogP contribution is -2.52. The van der Waals surface area contributed by atoms with Gasteiger partial charge < -0.3 is 4.42 Å². The molecule has 1 N–H and O–H groups in total. The molecule has 3 rings (SSSR count). The topological polar surface area (TPSA) is 62.6 Å². The molecule has 0 unspecified atom stereocenters. The van der Waals surface area contributed by atoms with Crippen LogP contribution in [0.1, 0.15) is 5.76 Å². The minimum Gasteiger partial charge on any atom is -0.457 e. The lowest BCUT2D eigenvalue weighted by molar-refractivity contribution is -0.128. The molecule has 24 heavy (non-hydrogen) atoms. The number of carbonyl (C=O) groups excluding carboxylic acids is 2. The second-order valence-electron chi connectivity index (χ2n) is 5.01. The fourth-order valence-corrected chi connectivity index (χ4v) is 2.73. The molecule has 1 aromatic carbocycles. The molecule has 2 aromatic rings. The summed E-state index contributed by atoms with van der Waals surface area (Å²) < 4.78 is 6.47. The van der Waals surface area contributed by atoms with Crippen molar-refractivity contribution in [2.24, 2.45) is 0 Å². The molecule has 1 aromatic heterocycles. The van der Waals surface area contributed by atoms with Crippen LogP contribution < -0.4 is 5.32 Å². The highest BCUT2D eigenvalue weighted by atomic mass is 79.9. The number of nitrogens with one attached hydrogen (secondary N) is 1. The van der Waals surface area contributed by atoms with E-state index >= 15 is 0 Å². The predicted molar refractivity (Wildman–Crippen MR) is 98.3 cm³/mol. The maximum Gasteiger partial charge on any atom is 0.265 e. The predicted octanol–water partition coefficient (Wildman–Crippen LogP) is 3.62. The van der Waals surface area contributed by atoms with Crippen LogP contribution in [0.4, 0.5) is 0 Å². The zero-order valence-corrected chi connectivity index (χ0v) is 15.5. The van der Waals surface area contributed by atoms with Gasteiger partial charge >= 0.3 is 0 Å². The molecule has 5 nitrogen and oxygen atoms in total. The van der Waals surface area contributed by atoms with Crippen LogP contribution in [0.25, 0.3) is 17.4 Å².